The summed E-state index contributed by atoms with van der Waals surface area (Å²) >= 11 is 0. The van der Waals surface area contributed by atoms with Gasteiger partial charge in [0.05, 0.1) is 6.61 Å². The van der Waals surface area contributed by atoms with Crippen molar-refractivity contribution in [3.8, 4) is 0 Å². The maximum Gasteiger partial charge on any atom is 0.241 e. The summed E-state index contributed by atoms with van der Waals surface area (Å²) in [7, 11) is 1.53. The summed E-state index contributed by atoms with van der Waals surface area (Å²) in [5.41, 5.74) is 7.67. The van der Waals surface area contributed by atoms with E-state index in [0.717, 1.165) is 11.1 Å². The molecule has 0 saturated carbocycles. The number of Topliss-reactive ketones (excluding diaryl/α,β-unsaturated/α-hetero) is 1. The third-order valence-corrected chi connectivity index (χ3v) is 4.18. The van der Waals surface area contributed by atoms with Gasteiger partial charge in [-0.25, -0.2) is 0 Å². The van der Waals surface area contributed by atoms with Gasteiger partial charge < -0.3 is 15.4 Å². The molecule has 1 aliphatic heterocycles. The average molecular weight is 304 g/mol. The zero-order valence-electron chi connectivity index (χ0n) is 13.2. The topological polar surface area (TPSA) is 72.6 Å². The van der Waals surface area contributed by atoms with Crippen LogP contribution in [0.4, 0.5) is 0 Å². The Hall–Kier alpha value is -1.72. The van der Waals surface area contributed by atoms with Gasteiger partial charge in [-0.1, -0.05) is 29.8 Å². The van der Waals surface area contributed by atoms with Crippen LogP contribution in [0, 0.1) is 12.8 Å². The van der Waals surface area contributed by atoms with Crippen LogP contribution in [0.5, 0.6) is 0 Å². The van der Waals surface area contributed by atoms with Gasteiger partial charge in [-0.3, -0.25) is 9.59 Å². The summed E-state index contributed by atoms with van der Waals surface area (Å²) in [4.78, 5) is 26.3. The largest absolute Gasteiger partial charge is 0.383 e. The number of rotatable bonds is 5. The van der Waals surface area contributed by atoms with E-state index < -0.39 is 6.04 Å². The minimum atomic E-state index is -0.616. The molecule has 0 aromatic heterocycles. The number of aryl methyl sites for hydroxylation is 1. The van der Waals surface area contributed by atoms with Gasteiger partial charge >= 0.3 is 0 Å². The lowest BCUT2D eigenvalue weighted by Gasteiger charge is -2.32. The number of hydrogen-bond acceptors (Lipinski definition) is 4. The van der Waals surface area contributed by atoms with Crippen molar-refractivity contribution >= 4 is 11.7 Å². The summed E-state index contributed by atoms with van der Waals surface area (Å²) in [6.07, 6.45) is 1.39. The van der Waals surface area contributed by atoms with E-state index in [1.165, 1.54) is 7.11 Å². The Kier molecular flexibility index (Phi) is 5.69. The van der Waals surface area contributed by atoms with Crippen molar-refractivity contribution in [1.82, 2.24) is 4.90 Å². The first kappa shape index (κ1) is 16.6. The average Bonchev–Trinajstić information content (AvgIpc) is 2.54. The molecule has 5 nitrogen and oxygen atoms in total. The Morgan fingerprint density at radius 3 is 2.41 bits per heavy atom. The molecule has 1 aliphatic rings. The van der Waals surface area contributed by atoms with Crippen molar-refractivity contribution in [2.75, 3.05) is 26.8 Å². The van der Waals surface area contributed by atoms with E-state index in [9.17, 15) is 9.59 Å². The minimum Gasteiger partial charge on any atom is -0.383 e. The van der Waals surface area contributed by atoms with Crippen LogP contribution >= 0.6 is 0 Å². The molecule has 1 atom stereocenters. The smallest absolute Gasteiger partial charge is 0.241 e. The van der Waals surface area contributed by atoms with Gasteiger partial charge in [0.1, 0.15) is 6.04 Å². The normalized spacial score (nSPS) is 17.3. The fraction of sp³-hybridized carbons (Fsp3) is 0.529. The van der Waals surface area contributed by atoms with Crippen LogP contribution in [0.1, 0.15) is 28.8 Å². The van der Waals surface area contributed by atoms with Crippen molar-refractivity contribution in [3.63, 3.8) is 0 Å². The van der Waals surface area contributed by atoms with E-state index in [-0.39, 0.29) is 24.2 Å². The number of ether oxygens (including phenoxy) is 1. The second-order valence-electron chi connectivity index (χ2n) is 5.89. The quantitative estimate of drug-likeness (QED) is 0.834. The van der Waals surface area contributed by atoms with Crippen LogP contribution in [-0.2, 0) is 9.53 Å². The maximum atomic E-state index is 12.5. The Labute approximate surface area is 131 Å². The molecule has 5 heteroatoms. The lowest BCUT2D eigenvalue weighted by Crippen LogP contribution is -2.49. The lowest BCUT2D eigenvalue weighted by molar-refractivity contribution is -0.135. The first-order valence-corrected chi connectivity index (χ1v) is 7.67. The number of nitrogens with zero attached hydrogens (tertiary/aromatic N) is 1. The highest BCUT2D eigenvalue weighted by Crippen LogP contribution is 2.22. The maximum absolute atomic E-state index is 12.5. The zero-order valence-corrected chi connectivity index (χ0v) is 13.2. The first-order valence-electron chi connectivity index (χ1n) is 7.67. The Balaban J connectivity index is 1.90. The highest BCUT2D eigenvalue weighted by atomic mass is 16.5. The molecular weight excluding hydrogens is 280 g/mol. The molecule has 2 rings (SSSR count). The lowest BCUT2D eigenvalue weighted by atomic mass is 9.88. The summed E-state index contributed by atoms with van der Waals surface area (Å²) in [5, 5.41) is 0. The number of amides is 1. The van der Waals surface area contributed by atoms with E-state index >= 15 is 0 Å². The molecule has 0 bridgehead atoms. The van der Waals surface area contributed by atoms with Gasteiger partial charge in [-0.2, -0.15) is 0 Å². The molecule has 1 amide bonds. The number of nitrogens with two attached hydrogens (primary N) is 1. The van der Waals surface area contributed by atoms with Crippen LogP contribution in [0.3, 0.4) is 0 Å². The molecule has 1 unspecified atom stereocenters. The monoisotopic (exact) mass is 304 g/mol. The van der Waals surface area contributed by atoms with Crippen molar-refractivity contribution < 1.29 is 14.3 Å². The zero-order chi connectivity index (χ0) is 16.1. The number of methoxy groups -OCH3 is 1. The van der Waals surface area contributed by atoms with Crippen molar-refractivity contribution in [2.45, 2.75) is 25.8 Å². The van der Waals surface area contributed by atoms with E-state index in [0.29, 0.717) is 25.9 Å². The third-order valence-electron chi connectivity index (χ3n) is 4.18. The molecule has 0 spiro atoms. The van der Waals surface area contributed by atoms with Crippen molar-refractivity contribution in [3.05, 3.63) is 35.4 Å². The van der Waals surface area contributed by atoms with E-state index in [1.54, 1.807) is 4.90 Å². The minimum absolute atomic E-state index is 0.00888. The summed E-state index contributed by atoms with van der Waals surface area (Å²) in [6.45, 7) is 3.39. The molecule has 0 aliphatic carbocycles. The Bertz CT molecular complexity index is 519. The van der Waals surface area contributed by atoms with Crippen LogP contribution in [0.25, 0.3) is 0 Å². The van der Waals surface area contributed by atoms with Crippen LogP contribution in [0.2, 0.25) is 0 Å². The van der Waals surface area contributed by atoms with Gasteiger partial charge in [0.2, 0.25) is 5.91 Å². The third kappa shape index (κ3) is 3.93. The van der Waals surface area contributed by atoms with Crippen molar-refractivity contribution in [1.29, 1.82) is 0 Å². The second kappa shape index (κ2) is 7.51. The number of carbonyl (C=O) groups is 2. The van der Waals surface area contributed by atoms with Gasteiger partial charge in [0, 0.05) is 31.7 Å². The highest BCUT2D eigenvalue weighted by molar-refractivity contribution is 5.98. The van der Waals surface area contributed by atoms with E-state index in [2.05, 4.69) is 0 Å². The Morgan fingerprint density at radius 2 is 1.86 bits per heavy atom. The highest BCUT2D eigenvalue weighted by Gasteiger charge is 2.29. The number of piperidine rings is 1. The molecule has 1 saturated heterocycles. The number of carbonyl (C=O) groups excluding carboxylic acids is 2. The molecule has 2 N–H and O–H groups in total. The molecular formula is C17H24N2O3. The summed E-state index contributed by atoms with van der Waals surface area (Å²) in [5.74, 6) is 0.0711. The molecule has 120 valence electrons. The second-order valence-corrected chi connectivity index (χ2v) is 5.89. The molecule has 1 fully saturated rings. The predicted octanol–water partition coefficient (Wildman–Crippen LogP) is 1.39. The first-order chi connectivity index (χ1) is 10.5. The summed E-state index contributed by atoms with van der Waals surface area (Å²) in [6, 6.07) is 7.05. The number of ketones is 1. The van der Waals surface area contributed by atoms with E-state index in [4.69, 9.17) is 10.5 Å². The molecule has 1 heterocycles. The van der Waals surface area contributed by atoms with Crippen LogP contribution in [0.15, 0.2) is 24.3 Å². The van der Waals surface area contributed by atoms with Crippen molar-refractivity contribution in [2.24, 2.45) is 11.7 Å². The van der Waals surface area contributed by atoms with Gasteiger partial charge in [0.15, 0.2) is 5.78 Å². The molecule has 1 aromatic carbocycles. The van der Waals surface area contributed by atoms with Gasteiger partial charge in [-0.15, -0.1) is 0 Å². The fourth-order valence-corrected chi connectivity index (χ4v) is 2.80. The number of benzene rings is 1. The predicted molar refractivity (Wildman–Crippen MR) is 84.7 cm³/mol. The Morgan fingerprint density at radius 1 is 1.27 bits per heavy atom. The fourth-order valence-electron chi connectivity index (χ4n) is 2.80. The number of likely N-dealkylation sites (tertiary alicyclic amines) is 1. The van der Waals surface area contributed by atoms with Gasteiger partial charge in [-0.05, 0) is 19.8 Å². The summed E-state index contributed by atoms with van der Waals surface area (Å²) < 4.78 is 4.92. The van der Waals surface area contributed by atoms with E-state index in [1.807, 2.05) is 31.2 Å². The molecule has 1 aromatic rings. The van der Waals surface area contributed by atoms with Crippen LogP contribution < -0.4 is 5.73 Å². The number of hydrogen-bond donors (Lipinski definition) is 1. The SMILES string of the molecule is COCC(N)C(=O)N1CCC(C(=O)c2ccc(C)cc2)CC1. The molecule has 22 heavy (non-hydrogen) atoms. The van der Waals surface area contributed by atoms with Crippen LogP contribution in [-0.4, -0.2) is 49.4 Å². The van der Waals surface area contributed by atoms with Gasteiger partial charge in [0.25, 0.3) is 0 Å². The standard InChI is InChI=1S/C17H24N2O3/c1-12-3-5-13(6-4-12)16(20)14-7-9-19(10-8-14)17(21)15(18)11-22-2/h3-6,14-15H,7-11,18H2,1-2H3. The molecule has 0 radical (unpaired) electrons.